The summed E-state index contributed by atoms with van der Waals surface area (Å²) in [7, 11) is 0. The number of urea groups is 1. The van der Waals surface area contributed by atoms with Gasteiger partial charge in [-0.25, -0.2) is 14.5 Å². The molecule has 1 saturated heterocycles. The van der Waals surface area contributed by atoms with Crippen LogP contribution in [0.3, 0.4) is 0 Å². The zero-order chi connectivity index (χ0) is 29.1. The van der Waals surface area contributed by atoms with Crippen molar-refractivity contribution >= 4 is 46.5 Å². The summed E-state index contributed by atoms with van der Waals surface area (Å²) >= 11 is 14.5. The Balaban J connectivity index is 1.41. The topological polar surface area (TPSA) is 91.3 Å². The van der Waals surface area contributed by atoms with Crippen molar-refractivity contribution < 1.29 is 9.59 Å². The van der Waals surface area contributed by atoms with E-state index in [1.807, 2.05) is 17.1 Å². The molecule has 220 valence electrons. The van der Waals surface area contributed by atoms with E-state index < -0.39 is 0 Å². The van der Waals surface area contributed by atoms with E-state index >= 15 is 0 Å². The van der Waals surface area contributed by atoms with Gasteiger partial charge in [0.05, 0.1) is 26.2 Å². The Bertz CT molecular complexity index is 1520. The maximum absolute atomic E-state index is 13.8. The van der Waals surface area contributed by atoms with Crippen molar-refractivity contribution in [1.82, 2.24) is 30.8 Å². The Morgan fingerprint density at radius 3 is 2.52 bits per heavy atom. The molecule has 3 fully saturated rings. The molecule has 8 nitrogen and oxygen atoms in total. The average molecular weight is 626 g/mol. The molecule has 3 heterocycles. The second kappa shape index (κ2) is 13.1. The lowest BCUT2D eigenvalue weighted by molar-refractivity contribution is 0.0743. The number of hydrogen-bond donors (Lipinski definition) is 3. The van der Waals surface area contributed by atoms with E-state index in [1.165, 1.54) is 12.8 Å². The highest BCUT2D eigenvalue weighted by Crippen LogP contribution is 2.37. The van der Waals surface area contributed by atoms with Crippen LogP contribution in [0.5, 0.6) is 0 Å². The molecule has 0 bridgehead atoms. The molecule has 2 saturated carbocycles. The molecule has 2 aliphatic carbocycles. The largest absolute Gasteiger partial charge is 0.335 e. The second-order valence-electron chi connectivity index (χ2n) is 11.2. The van der Waals surface area contributed by atoms with E-state index in [0.717, 1.165) is 67.8 Å². The van der Waals surface area contributed by atoms with Gasteiger partial charge >= 0.3 is 6.03 Å². The summed E-state index contributed by atoms with van der Waals surface area (Å²) in [6, 6.07) is 9.14. The van der Waals surface area contributed by atoms with Gasteiger partial charge in [-0.3, -0.25) is 10.2 Å². The fraction of sp³-hybridized carbons (Fsp3) is 0.452. The van der Waals surface area contributed by atoms with Gasteiger partial charge in [0.15, 0.2) is 5.69 Å². The number of halogens is 2. The minimum absolute atomic E-state index is 0.114. The van der Waals surface area contributed by atoms with Crippen molar-refractivity contribution in [2.45, 2.75) is 70.4 Å². The summed E-state index contributed by atoms with van der Waals surface area (Å²) in [5.74, 6) is 6.93. The SMILES string of the molecule is O=C(NCc1c(C(=O)NN2CCCCC2)nn(-c2ccc(Cl)cc2Cl)c1-c1ccc(C#CC2CCCC2)s1)NC1CC1. The van der Waals surface area contributed by atoms with Gasteiger partial charge in [0.2, 0.25) is 0 Å². The number of hydrazine groups is 1. The molecule has 0 spiro atoms. The standard InChI is InChI=1S/C31H34Cl2N6O2S/c32-21-9-14-26(25(33)18-21)39-29(27-15-13-23(42-27)12-8-20-6-2-3-7-20)24(19-34-31(41)35-22-10-11-22)28(36-39)30(40)37-38-16-4-1-5-17-38/h9,13-15,18,20,22H,1-7,10-11,16-17,19H2,(H,37,40)(H2,34,35,41). The maximum Gasteiger partial charge on any atom is 0.315 e. The van der Waals surface area contributed by atoms with Gasteiger partial charge in [-0.1, -0.05) is 54.3 Å². The van der Waals surface area contributed by atoms with Crippen molar-refractivity contribution in [3.05, 3.63) is 56.5 Å². The summed E-state index contributed by atoms with van der Waals surface area (Å²) < 4.78 is 1.69. The lowest BCUT2D eigenvalue weighted by atomic mass is 10.1. The van der Waals surface area contributed by atoms with Gasteiger partial charge in [-0.05, 0) is 68.9 Å². The van der Waals surface area contributed by atoms with E-state index in [9.17, 15) is 9.59 Å². The Labute approximate surface area is 260 Å². The number of nitrogens with zero attached hydrogens (tertiary/aromatic N) is 3. The van der Waals surface area contributed by atoms with Gasteiger partial charge in [-0.15, -0.1) is 11.3 Å². The van der Waals surface area contributed by atoms with Crippen molar-refractivity contribution in [3.63, 3.8) is 0 Å². The average Bonchev–Trinajstić information content (AvgIpc) is 3.34. The number of thiophene rings is 1. The van der Waals surface area contributed by atoms with Gasteiger partial charge in [0, 0.05) is 42.2 Å². The van der Waals surface area contributed by atoms with Gasteiger partial charge in [-0.2, -0.15) is 5.10 Å². The zero-order valence-corrected chi connectivity index (χ0v) is 25.7. The van der Waals surface area contributed by atoms with Crippen molar-refractivity contribution in [2.24, 2.45) is 5.92 Å². The predicted molar refractivity (Wildman–Crippen MR) is 167 cm³/mol. The Morgan fingerprint density at radius 2 is 1.79 bits per heavy atom. The third kappa shape index (κ3) is 6.95. The first-order valence-electron chi connectivity index (χ1n) is 14.7. The molecule has 1 aromatic carbocycles. The Morgan fingerprint density at radius 1 is 1.00 bits per heavy atom. The molecule has 1 aliphatic heterocycles. The second-order valence-corrected chi connectivity index (χ2v) is 13.1. The molecule has 3 amide bonds. The highest BCUT2D eigenvalue weighted by atomic mass is 35.5. The summed E-state index contributed by atoms with van der Waals surface area (Å²) in [5.41, 5.74) is 5.17. The molecule has 0 unspecified atom stereocenters. The minimum atomic E-state index is -0.320. The molecule has 3 N–H and O–H groups in total. The summed E-state index contributed by atoms with van der Waals surface area (Å²) in [6.07, 6.45) is 9.94. The highest BCUT2D eigenvalue weighted by molar-refractivity contribution is 7.16. The number of piperidine rings is 1. The minimum Gasteiger partial charge on any atom is -0.335 e. The molecule has 3 aliphatic rings. The number of benzene rings is 1. The number of rotatable bonds is 7. The predicted octanol–water partition coefficient (Wildman–Crippen LogP) is 6.54. The fourth-order valence-electron chi connectivity index (χ4n) is 5.49. The van der Waals surface area contributed by atoms with Crippen LogP contribution >= 0.6 is 34.5 Å². The molecular weight excluding hydrogens is 591 g/mol. The number of aromatic nitrogens is 2. The van der Waals surface area contributed by atoms with E-state index in [2.05, 4.69) is 27.9 Å². The van der Waals surface area contributed by atoms with E-state index in [0.29, 0.717) is 32.9 Å². The molecular formula is C31H34Cl2N6O2S. The summed E-state index contributed by atoms with van der Waals surface area (Å²) in [4.78, 5) is 28.3. The summed E-state index contributed by atoms with van der Waals surface area (Å²) in [5, 5.41) is 13.6. The van der Waals surface area contributed by atoms with Gasteiger partial charge < -0.3 is 10.6 Å². The van der Waals surface area contributed by atoms with Crippen LogP contribution in [0, 0.1) is 17.8 Å². The maximum atomic E-state index is 13.8. The molecule has 0 radical (unpaired) electrons. The normalized spacial score (nSPS) is 17.5. The molecule has 2 aromatic heterocycles. The lowest BCUT2D eigenvalue weighted by Crippen LogP contribution is -2.45. The quantitative estimate of drug-likeness (QED) is 0.260. The van der Waals surface area contributed by atoms with E-state index in [1.54, 1.807) is 34.2 Å². The highest BCUT2D eigenvalue weighted by Gasteiger charge is 2.29. The van der Waals surface area contributed by atoms with Crippen LogP contribution in [0.25, 0.3) is 16.3 Å². The lowest BCUT2D eigenvalue weighted by Gasteiger charge is -2.26. The van der Waals surface area contributed by atoms with Crippen molar-refractivity contribution in [1.29, 1.82) is 0 Å². The van der Waals surface area contributed by atoms with Crippen LogP contribution in [0.1, 0.15) is 78.7 Å². The summed E-state index contributed by atoms with van der Waals surface area (Å²) in [6.45, 7) is 1.68. The number of amides is 3. The van der Waals surface area contributed by atoms with Crippen LogP contribution in [0.2, 0.25) is 10.0 Å². The van der Waals surface area contributed by atoms with E-state index in [-0.39, 0.29) is 30.2 Å². The molecule has 0 atom stereocenters. The number of carbonyl (C=O) groups excluding carboxylic acids is 2. The third-order valence-electron chi connectivity index (χ3n) is 7.88. The van der Waals surface area contributed by atoms with Crippen LogP contribution in [-0.2, 0) is 6.54 Å². The van der Waals surface area contributed by atoms with Crippen LogP contribution in [0.15, 0.2) is 30.3 Å². The number of carbonyl (C=O) groups is 2. The first kappa shape index (κ1) is 29.1. The first-order valence-corrected chi connectivity index (χ1v) is 16.3. The smallest absolute Gasteiger partial charge is 0.315 e. The molecule has 11 heteroatoms. The Hall–Kier alpha value is -3.03. The molecule has 42 heavy (non-hydrogen) atoms. The van der Waals surface area contributed by atoms with Gasteiger partial charge in [0.25, 0.3) is 5.91 Å². The monoisotopic (exact) mass is 624 g/mol. The number of nitrogens with one attached hydrogen (secondary N) is 3. The van der Waals surface area contributed by atoms with E-state index in [4.69, 9.17) is 28.3 Å². The van der Waals surface area contributed by atoms with Crippen molar-refractivity contribution in [2.75, 3.05) is 13.1 Å². The zero-order valence-electron chi connectivity index (χ0n) is 23.3. The van der Waals surface area contributed by atoms with Crippen molar-refractivity contribution in [3.8, 4) is 28.1 Å². The van der Waals surface area contributed by atoms with Crippen LogP contribution in [0.4, 0.5) is 4.79 Å². The van der Waals surface area contributed by atoms with Gasteiger partial charge in [0.1, 0.15) is 0 Å². The van der Waals surface area contributed by atoms with Crippen LogP contribution < -0.4 is 16.1 Å². The molecule has 6 rings (SSSR count). The first-order chi connectivity index (χ1) is 20.4. The Kier molecular flexibility index (Phi) is 9.06. The molecule has 3 aromatic rings. The number of hydrogen-bond acceptors (Lipinski definition) is 5. The third-order valence-corrected chi connectivity index (χ3v) is 9.43. The fourth-order valence-corrected chi connectivity index (χ4v) is 6.91. The van der Waals surface area contributed by atoms with Crippen LogP contribution in [-0.4, -0.2) is 45.9 Å².